The lowest BCUT2D eigenvalue weighted by Crippen LogP contribution is -1.98. The van der Waals surface area contributed by atoms with Gasteiger partial charge in [-0.3, -0.25) is 0 Å². The Morgan fingerprint density at radius 1 is 1.17 bits per heavy atom. The van der Waals surface area contributed by atoms with Crippen molar-refractivity contribution in [3.8, 4) is 16.3 Å². The Morgan fingerprint density at radius 3 is 2.57 bits per heavy atom. The van der Waals surface area contributed by atoms with Crippen molar-refractivity contribution < 1.29 is 19.0 Å². The van der Waals surface area contributed by atoms with Crippen LogP contribution in [0.25, 0.3) is 10.6 Å². The van der Waals surface area contributed by atoms with Crippen molar-refractivity contribution in [2.75, 3.05) is 0 Å². The van der Waals surface area contributed by atoms with Crippen LogP contribution in [0, 0.1) is 5.82 Å². The van der Waals surface area contributed by atoms with E-state index >= 15 is 0 Å². The summed E-state index contributed by atoms with van der Waals surface area (Å²) in [6, 6.07) is 13.5. The van der Waals surface area contributed by atoms with Crippen LogP contribution in [-0.4, -0.2) is 16.1 Å². The van der Waals surface area contributed by atoms with E-state index < -0.39 is 5.97 Å². The molecule has 3 rings (SSSR count). The van der Waals surface area contributed by atoms with Crippen LogP contribution in [0.15, 0.2) is 53.9 Å². The zero-order chi connectivity index (χ0) is 16.2. The summed E-state index contributed by atoms with van der Waals surface area (Å²) in [5, 5.41) is 11.0. The molecule has 0 radical (unpaired) electrons. The lowest BCUT2D eigenvalue weighted by Gasteiger charge is -2.07. The van der Waals surface area contributed by atoms with Crippen LogP contribution in [-0.2, 0) is 6.61 Å². The van der Waals surface area contributed by atoms with Crippen molar-refractivity contribution in [1.29, 1.82) is 0 Å². The predicted molar refractivity (Wildman–Crippen MR) is 85.2 cm³/mol. The van der Waals surface area contributed by atoms with Gasteiger partial charge in [-0.1, -0.05) is 18.2 Å². The number of aromatic carboxylic acids is 1. The van der Waals surface area contributed by atoms with E-state index in [-0.39, 0.29) is 18.1 Å². The van der Waals surface area contributed by atoms with E-state index in [1.165, 1.54) is 22.8 Å². The first kappa shape index (κ1) is 15.2. The van der Waals surface area contributed by atoms with Gasteiger partial charge in [-0.05, 0) is 30.3 Å². The maximum atomic E-state index is 13.5. The average molecular weight is 329 g/mol. The van der Waals surface area contributed by atoms with Crippen molar-refractivity contribution in [3.63, 3.8) is 0 Å². The summed E-state index contributed by atoms with van der Waals surface area (Å²) in [7, 11) is 0. The van der Waals surface area contributed by atoms with Gasteiger partial charge in [-0.2, -0.15) is 0 Å². The van der Waals surface area contributed by atoms with Crippen LogP contribution in [0.5, 0.6) is 5.75 Å². The third kappa shape index (κ3) is 3.54. The van der Waals surface area contributed by atoms with E-state index in [0.29, 0.717) is 16.3 Å². The van der Waals surface area contributed by atoms with Crippen molar-refractivity contribution in [1.82, 2.24) is 4.98 Å². The van der Waals surface area contributed by atoms with Crippen molar-refractivity contribution >= 4 is 17.3 Å². The molecule has 0 unspecified atom stereocenters. The Hall–Kier alpha value is -2.73. The Kier molecular flexibility index (Phi) is 4.34. The summed E-state index contributed by atoms with van der Waals surface area (Å²) < 4.78 is 19.1. The molecule has 1 aromatic heterocycles. The highest BCUT2D eigenvalue weighted by Gasteiger charge is 2.10. The highest BCUT2D eigenvalue weighted by Crippen LogP contribution is 2.26. The number of ether oxygens (including phenoxy) is 1. The van der Waals surface area contributed by atoms with E-state index in [2.05, 4.69) is 4.98 Å². The van der Waals surface area contributed by atoms with Gasteiger partial charge in [0, 0.05) is 16.5 Å². The van der Waals surface area contributed by atoms with Crippen molar-refractivity contribution in [2.24, 2.45) is 0 Å². The average Bonchev–Trinajstić information content (AvgIpc) is 3.05. The molecule has 6 heteroatoms. The second-order valence-electron chi connectivity index (χ2n) is 4.75. The van der Waals surface area contributed by atoms with Crippen LogP contribution < -0.4 is 4.74 Å². The van der Waals surface area contributed by atoms with Crippen LogP contribution in [0.3, 0.4) is 0 Å². The number of benzene rings is 2. The molecule has 4 nitrogen and oxygen atoms in total. The first-order chi connectivity index (χ1) is 11.1. The van der Waals surface area contributed by atoms with Crippen LogP contribution in [0.1, 0.15) is 16.1 Å². The lowest BCUT2D eigenvalue weighted by molar-refractivity contribution is 0.0691. The third-order valence-electron chi connectivity index (χ3n) is 3.18. The predicted octanol–water partition coefficient (Wildman–Crippen LogP) is 4.23. The SMILES string of the molecule is O=C(O)c1csc(-c2ccc(OCc3ccccc3F)cc2)n1. The van der Waals surface area contributed by atoms with Gasteiger partial charge in [0.15, 0.2) is 5.69 Å². The molecule has 0 aliphatic heterocycles. The quantitative estimate of drug-likeness (QED) is 0.761. The number of thiazole rings is 1. The van der Waals surface area contributed by atoms with Gasteiger partial charge in [0.1, 0.15) is 23.2 Å². The maximum Gasteiger partial charge on any atom is 0.355 e. The number of halogens is 1. The van der Waals surface area contributed by atoms with Gasteiger partial charge >= 0.3 is 5.97 Å². The molecule has 23 heavy (non-hydrogen) atoms. The maximum absolute atomic E-state index is 13.5. The minimum atomic E-state index is -1.04. The molecule has 0 saturated carbocycles. The smallest absolute Gasteiger partial charge is 0.355 e. The molecule has 0 aliphatic rings. The Morgan fingerprint density at radius 2 is 1.91 bits per heavy atom. The fourth-order valence-electron chi connectivity index (χ4n) is 1.97. The van der Waals surface area contributed by atoms with E-state index in [1.807, 2.05) is 0 Å². The van der Waals surface area contributed by atoms with E-state index in [4.69, 9.17) is 9.84 Å². The first-order valence-electron chi connectivity index (χ1n) is 6.79. The summed E-state index contributed by atoms with van der Waals surface area (Å²) >= 11 is 1.27. The van der Waals surface area contributed by atoms with Crippen LogP contribution in [0.4, 0.5) is 4.39 Å². The number of carboxylic acids is 1. The van der Waals surface area contributed by atoms with Gasteiger partial charge < -0.3 is 9.84 Å². The highest BCUT2D eigenvalue weighted by atomic mass is 32.1. The topological polar surface area (TPSA) is 59.4 Å². The molecular formula is C17H12FNO3S. The number of hydrogen-bond acceptors (Lipinski definition) is 4. The largest absolute Gasteiger partial charge is 0.489 e. The van der Waals surface area contributed by atoms with Crippen molar-refractivity contribution in [3.05, 3.63) is 71.0 Å². The zero-order valence-corrected chi connectivity index (χ0v) is 12.7. The van der Waals surface area contributed by atoms with E-state index in [0.717, 1.165) is 5.56 Å². The zero-order valence-electron chi connectivity index (χ0n) is 11.9. The molecule has 0 fully saturated rings. The molecule has 2 aromatic carbocycles. The molecule has 0 saturated heterocycles. The van der Waals surface area contributed by atoms with Gasteiger partial charge in [-0.25, -0.2) is 14.2 Å². The fourth-order valence-corrected chi connectivity index (χ4v) is 2.77. The second kappa shape index (κ2) is 6.58. The minimum absolute atomic E-state index is 0.0323. The molecule has 0 bridgehead atoms. The van der Waals surface area contributed by atoms with Crippen molar-refractivity contribution in [2.45, 2.75) is 6.61 Å². The van der Waals surface area contributed by atoms with Gasteiger partial charge in [0.05, 0.1) is 0 Å². The molecule has 0 spiro atoms. The monoisotopic (exact) mass is 329 g/mol. The Balaban J connectivity index is 1.69. The molecule has 0 atom stereocenters. The summed E-state index contributed by atoms with van der Waals surface area (Å²) in [6.45, 7) is 0.145. The number of rotatable bonds is 5. The lowest BCUT2D eigenvalue weighted by atomic mass is 10.2. The highest BCUT2D eigenvalue weighted by molar-refractivity contribution is 7.13. The second-order valence-corrected chi connectivity index (χ2v) is 5.61. The summed E-state index contributed by atoms with van der Waals surface area (Å²) in [6.07, 6.45) is 0. The first-order valence-corrected chi connectivity index (χ1v) is 7.67. The molecule has 3 aromatic rings. The molecular weight excluding hydrogens is 317 g/mol. The molecule has 0 aliphatic carbocycles. The molecule has 1 N–H and O–H groups in total. The summed E-state index contributed by atoms with van der Waals surface area (Å²) in [4.78, 5) is 14.9. The standard InChI is InChI=1S/C17H12FNO3S/c18-14-4-2-1-3-12(14)9-22-13-7-5-11(6-8-13)16-19-15(10-23-16)17(20)21/h1-8,10H,9H2,(H,20,21). The Labute approximate surface area is 135 Å². The van der Waals surface area contributed by atoms with E-state index in [1.54, 1.807) is 42.5 Å². The van der Waals surface area contributed by atoms with Crippen LogP contribution >= 0.6 is 11.3 Å². The van der Waals surface area contributed by atoms with Gasteiger partial charge in [0.25, 0.3) is 0 Å². The van der Waals surface area contributed by atoms with Crippen LogP contribution in [0.2, 0.25) is 0 Å². The summed E-state index contributed by atoms with van der Waals surface area (Å²) in [5.74, 6) is -0.738. The summed E-state index contributed by atoms with van der Waals surface area (Å²) in [5.41, 5.74) is 1.33. The number of nitrogens with zero attached hydrogens (tertiary/aromatic N) is 1. The number of carbonyl (C=O) groups is 1. The number of carboxylic acid groups (broad SMARTS) is 1. The molecule has 0 amide bonds. The van der Waals surface area contributed by atoms with Gasteiger partial charge in [-0.15, -0.1) is 11.3 Å². The molecule has 116 valence electrons. The number of hydrogen-bond donors (Lipinski definition) is 1. The Bertz CT molecular complexity index is 830. The van der Waals surface area contributed by atoms with E-state index in [9.17, 15) is 9.18 Å². The molecule has 1 heterocycles. The minimum Gasteiger partial charge on any atom is -0.489 e. The third-order valence-corrected chi connectivity index (χ3v) is 4.07. The fraction of sp³-hybridized carbons (Fsp3) is 0.0588. The van der Waals surface area contributed by atoms with Gasteiger partial charge in [0.2, 0.25) is 0 Å². The number of aromatic nitrogens is 1. The normalized spacial score (nSPS) is 10.5.